The van der Waals surface area contributed by atoms with Gasteiger partial charge in [-0.05, 0) is 29.4 Å². The fraction of sp³-hybridized carbons (Fsp3) is 0.556. The van der Waals surface area contributed by atoms with Crippen LogP contribution in [0.2, 0.25) is 0 Å². The Labute approximate surface area is 77.8 Å². The predicted molar refractivity (Wildman–Crippen MR) is 52.5 cm³/mol. The third-order valence-corrected chi connectivity index (χ3v) is 2.44. The smallest absolute Gasteiger partial charge is 0.0589 e. The monoisotopic (exact) mass is 185 g/mol. The number of likely N-dealkylation sites (N-methyl/N-ethyl adjacent to an activating group) is 1. The summed E-state index contributed by atoms with van der Waals surface area (Å²) < 4.78 is 4.99. The van der Waals surface area contributed by atoms with Crippen molar-refractivity contribution in [2.24, 2.45) is 0 Å². The van der Waals surface area contributed by atoms with Crippen molar-refractivity contribution in [2.75, 3.05) is 27.3 Å². The summed E-state index contributed by atoms with van der Waals surface area (Å²) in [6, 6.07) is 2.16. The lowest BCUT2D eigenvalue weighted by Gasteiger charge is -2.14. The van der Waals surface area contributed by atoms with Crippen LogP contribution < -0.4 is 0 Å². The number of ether oxygens (including phenoxy) is 1. The van der Waals surface area contributed by atoms with Gasteiger partial charge in [-0.2, -0.15) is 11.3 Å². The summed E-state index contributed by atoms with van der Waals surface area (Å²) in [6.07, 6.45) is 0. The molecule has 1 heterocycles. The fourth-order valence-electron chi connectivity index (χ4n) is 1.02. The van der Waals surface area contributed by atoms with Gasteiger partial charge in [-0.3, -0.25) is 4.90 Å². The van der Waals surface area contributed by atoms with Crippen LogP contribution in [0.25, 0.3) is 0 Å². The summed E-state index contributed by atoms with van der Waals surface area (Å²) in [5.41, 5.74) is 1.39. The van der Waals surface area contributed by atoms with Gasteiger partial charge in [0.25, 0.3) is 0 Å². The zero-order chi connectivity index (χ0) is 8.81. The highest BCUT2D eigenvalue weighted by atomic mass is 32.1. The van der Waals surface area contributed by atoms with Crippen LogP contribution in [0.15, 0.2) is 16.8 Å². The lowest BCUT2D eigenvalue weighted by molar-refractivity contribution is 0.158. The number of thiophene rings is 1. The van der Waals surface area contributed by atoms with Gasteiger partial charge in [-0.15, -0.1) is 0 Å². The van der Waals surface area contributed by atoms with Crippen LogP contribution >= 0.6 is 11.3 Å². The van der Waals surface area contributed by atoms with Crippen molar-refractivity contribution >= 4 is 11.3 Å². The molecule has 0 saturated heterocycles. The van der Waals surface area contributed by atoms with Crippen molar-refractivity contribution in [3.63, 3.8) is 0 Å². The molecule has 0 aliphatic heterocycles. The van der Waals surface area contributed by atoms with Gasteiger partial charge in [0.2, 0.25) is 0 Å². The van der Waals surface area contributed by atoms with E-state index >= 15 is 0 Å². The Kier molecular flexibility index (Phi) is 4.29. The van der Waals surface area contributed by atoms with E-state index in [2.05, 4.69) is 28.8 Å². The van der Waals surface area contributed by atoms with Crippen LogP contribution in [0.3, 0.4) is 0 Å². The van der Waals surface area contributed by atoms with Crippen LogP contribution in [0.5, 0.6) is 0 Å². The maximum atomic E-state index is 4.99. The molecule has 0 spiro atoms. The Morgan fingerprint density at radius 3 is 3.00 bits per heavy atom. The number of rotatable bonds is 5. The van der Waals surface area contributed by atoms with E-state index < -0.39 is 0 Å². The number of nitrogens with zero attached hydrogens (tertiary/aromatic N) is 1. The van der Waals surface area contributed by atoms with Gasteiger partial charge < -0.3 is 4.74 Å². The molecule has 1 aromatic rings. The largest absolute Gasteiger partial charge is 0.383 e. The van der Waals surface area contributed by atoms with Crippen molar-refractivity contribution in [2.45, 2.75) is 6.54 Å². The first kappa shape index (κ1) is 9.71. The van der Waals surface area contributed by atoms with E-state index in [1.165, 1.54) is 5.56 Å². The van der Waals surface area contributed by atoms with Gasteiger partial charge in [-0.25, -0.2) is 0 Å². The molecule has 0 atom stereocenters. The topological polar surface area (TPSA) is 12.5 Å². The van der Waals surface area contributed by atoms with Gasteiger partial charge in [-0.1, -0.05) is 0 Å². The van der Waals surface area contributed by atoms with Crippen molar-refractivity contribution in [1.29, 1.82) is 0 Å². The number of methoxy groups -OCH3 is 1. The molecule has 1 rings (SSSR count). The average Bonchev–Trinajstić information content (AvgIpc) is 2.53. The van der Waals surface area contributed by atoms with Crippen LogP contribution in [0, 0.1) is 0 Å². The molecule has 0 amide bonds. The van der Waals surface area contributed by atoms with E-state index in [0.29, 0.717) is 0 Å². The lowest BCUT2D eigenvalue weighted by Crippen LogP contribution is -2.21. The first-order chi connectivity index (χ1) is 5.83. The predicted octanol–water partition coefficient (Wildman–Crippen LogP) is 1.83. The molecule has 0 aliphatic carbocycles. The molecule has 68 valence electrons. The summed E-state index contributed by atoms with van der Waals surface area (Å²) in [5, 5.41) is 4.29. The minimum absolute atomic E-state index is 0.806. The highest BCUT2D eigenvalue weighted by Gasteiger charge is 1.98. The molecule has 3 heteroatoms. The van der Waals surface area contributed by atoms with Gasteiger partial charge in [0, 0.05) is 20.2 Å². The quantitative estimate of drug-likeness (QED) is 0.694. The summed E-state index contributed by atoms with van der Waals surface area (Å²) in [7, 11) is 3.84. The number of hydrogen-bond donors (Lipinski definition) is 0. The number of hydrogen-bond acceptors (Lipinski definition) is 3. The Hall–Kier alpha value is -0.380. The first-order valence-corrected chi connectivity index (χ1v) is 4.96. The summed E-state index contributed by atoms with van der Waals surface area (Å²) in [6.45, 7) is 2.82. The molecule has 0 bridgehead atoms. The first-order valence-electron chi connectivity index (χ1n) is 4.01. The van der Waals surface area contributed by atoms with Crippen LogP contribution in [-0.2, 0) is 11.3 Å². The molecular weight excluding hydrogens is 170 g/mol. The maximum absolute atomic E-state index is 4.99. The highest BCUT2D eigenvalue weighted by Crippen LogP contribution is 2.07. The maximum Gasteiger partial charge on any atom is 0.0589 e. The molecule has 0 radical (unpaired) electrons. The van der Waals surface area contributed by atoms with Crippen LogP contribution in [0.1, 0.15) is 5.56 Å². The van der Waals surface area contributed by atoms with Crippen molar-refractivity contribution < 1.29 is 4.74 Å². The standard InChI is InChI=1S/C9H15NOS/c1-10(4-5-11-2)7-9-3-6-12-8-9/h3,6,8H,4-5,7H2,1-2H3. The van der Waals surface area contributed by atoms with Gasteiger partial charge in [0.15, 0.2) is 0 Å². The molecule has 0 fully saturated rings. The van der Waals surface area contributed by atoms with E-state index in [1.54, 1.807) is 18.4 Å². The molecule has 2 nitrogen and oxygen atoms in total. The van der Waals surface area contributed by atoms with E-state index in [-0.39, 0.29) is 0 Å². The molecule has 12 heavy (non-hydrogen) atoms. The zero-order valence-electron chi connectivity index (χ0n) is 7.62. The van der Waals surface area contributed by atoms with Gasteiger partial charge in [0.1, 0.15) is 0 Å². The molecule has 0 unspecified atom stereocenters. The summed E-state index contributed by atoms with van der Waals surface area (Å²) >= 11 is 1.75. The van der Waals surface area contributed by atoms with Gasteiger partial charge >= 0.3 is 0 Å². The summed E-state index contributed by atoms with van der Waals surface area (Å²) in [4.78, 5) is 2.26. The third kappa shape index (κ3) is 3.34. The van der Waals surface area contributed by atoms with E-state index in [4.69, 9.17) is 4.74 Å². The third-order valence-electron chi connectivity index (χ3n) is 1.71. The summed E-state index contributed by atoms with van der Waals surface area (Å²) in [5.74, 6) is 0. The Balaban J connectivity index is 2.22. The molecule has 1 aromatic heterocycles. The van der Waals surface area contributed by atoms with E-state index in [9.17, 15) is 0 Å². The van der Waals surface area contributed by atoms with Crippen molar-refractivity contribution in [3.8, 4) is 0 Å². The van der Waals surface area contributed by atoms with Crippen molar-refractivity contribution in [3.05, 3.63) is 22.4 Å². The SMILES string of the molecule is COCCN(C)Cc1ccsc1. The minimum atomic E-state index is 0.806. The molecular formula is C9H15NOS. The highest BCUT2D eigenvalue weighted by molar-refractivity contribution is 7.07. The van der Waals surface area contributed by atoms with Gasteiger partial charge in [0.05, 0.1) is 6.61 Å². The Morgan fingerprint density at radius 1 is 1.58 bits per heavy atom. The minimum Gasteiger partial charge on any atom is -0.383 e. The molecule has 0 aromatic carbocycles. The second-order valence-electron chi connectivity index (χ2n) is 2.86. The van der Waals surface area contributed by atoms with E-state index in [0.717, 1.165) is 19.7 Å². The average molecular weight is 185 g/mol. The zero-order valence-corrected chi connectivity index (χ0v) is 8.43. The molecule has 0 aliphatic rings. The normalized spacial score (nSPS) is 10.9. The second-order valence-corrected chi connectivity index (χ2v) is 3.64. The lowest BCUT2D eigenvalue weighted by atomic mass is 10.3. The molecule has 0 N–H and O–H groups in total. The second kappa shape index (κ2) is 5.30. The van der Waals surface area contributed by atoms with Crippen LogP contribution in [0.4, 0.5) is 0 Å². The molecule has 0 saturated carbocycles. The van der Waals surface area contributed by atoms with Crippen LogP contribution in [-0.4, -0.2) is 32.2 Å². The van der Waals surface area contributed by atoms with E-state index in [1.807, 2.05) is 0 Å². The Bertz CT molecular complexity index is 198. The fourth-order valence-corrected chi connectivity index (χ4v) is 1.68. The Morgan fingerprint density at radius 2 is 2.42 bits per heavy atom. The van der Waals surface area contributed by atoms with Crippen molar-refractivity contribution in [1.82, 2.24) is 4.90 Å².